The van der Waals surface area contributed by atoms with E-state index in [0.717, 1.165) is 42.9 Å². The molecule has 0 radical (unpaired) electrons. The number of aromatic nitrogens is 3. The van der Waals surface area contributed by atoms with Crippen LogP contribution < -0.4 is 5.32 Å². The largest absolute Gasteiger partial charge is 0.335 e. The summed E-state index contributed by atoms with van der Waals surface area (Å²) < 4.78 is 2.00. The van der Waals surface area contributed by atoms with Gasteiger partial charge in [0, 0.05) is 25.2 Å². The van der Waals surface area contributed by atoms with Gasteiger partial charge in [-0.1, -0.05) is 35.9 Å². The van der Waals surface area contributed by atoms with Gasteiger partial charge >= 0.3 is 0 Å². The van der Waals surface area contributed by atoms with Crippen LogP contribution in [0.3, 0.4) is 0 Å². The molecule has 0 saturated carbocycles. The Balaban J connectivity index is 1.67. The third kappa shape index (κ3) is 5.41. The molecule has 0 spiro atoms. The summed E-state index contributed by atoms with van der Waals surface area (Å²) in [6.45, 7) is 9.86. The van der Waals surface area contributed by atoms with Gasteiger partial charge in [-0.05, 0) is 52.2 Å². The maximum Gasteiger partial charge on any atom is 0.237 e. The molecule has 0 aliphatic carbocycles. The minimum atomic E-state index is -0.326. The lowest BCUT2D eigenvalue weighted by atomic mass is 10.1. The molecule has 0 bridgehead atoms. The highest BCUT2D eigenvalue weighted by atomic mass is 32.2. The third-order valence-corrected chi connectivity index (χ3v) is 6.49. The summed E-state index contributed by atoms with van der Waals surface area (Å²) in [6.07, 6.45) is 3.70. The lowest BCUT2D eigenvalue weighted by Gasteiger charge is -2.20. The molecule has 1 aromatic carbocycles. The number of nitrogens with zero attached hydrogens (tertiary/aromatic N) is 4. The zero-order chi connectivity index (χ0) is 21.7. The Hall–Kier alpha value is -2.35. The monoisotopic (exact) mass is 429 g/mol. The number of anilines is 1. The molecule has 1 saturated heterocycles. The van der Waals surface area contributed by atoms with Gasteiger partial charge in [-0.15, -0.1) is 10.2 Å². The van der Waals surface area contributed by atoms with Crippen LogP contribution in [0.5, 0.6) is 0 Å². The smallest absolute Gasteiger partial charge is 0.237 e. The van der Waals surface area contributed by atoms with Crippen LogP contribution in [0.25, 0.3) is 0 Å². The van der Waals surface area contributed by atoms with Crippen LogP contribution in [-0.2, 0) is 22.7 Å². The van der Waals surface area contributed by atoms with E-state index in [1.165, 1.54) is 17.3 Å². The van der Waals surface area contributed by atoms with Gasteiger partial charge in [0.1, 0.15) is 0 Å². The van der Waals surface area contributed by atoms with Crippen LogP contribution >= 0.6 is 11.8 Å². The van der Waals surface area contributed by atoms with Crippen molar-refractivity contribution in [3.05, 3.63) is 35.2 Å². The summed E-state index contributed by atoms with van der Waals surface area (Å²) in [5.41, 5.74) is 3.04. The van der Waals surface area contributed by atoms with Crippen LogP contribution in [-0.4, -0.2) is 43.3 Å². The van der Waals surface area contributed by atoms with Gasteiger partial charge in [0.25, 0.3) is 0 Å². The molecule has 1 N–H and O–H groups in total. The average molecular weight is 430 g/mol. The number of nitrogens with one attached hydrogen (secondary N) is 1. The van der Waals surface area contributed by atoms with E-state index in [-0.39, 0.29) is 17.1 Å². The molecule has 162 valence electrons. The summed E-state index contributed by atoms with van der Waals surface area (Å²) in [4.78, 5) is 26.9. The van der Waals surface area contributed by atoms with Gasteiger partial charge in [-0.2, -0.15) is 0 Å². The van der Waals surface area contributed by atoms with Crippen LogP contribution in [0, 0.1) is 13.8 Å². The molecule has 30 heavy (non-hydrogen) atoms. The molecular formula is C22H31N5O2S. The van der Waals surface area contributed by atoms with Crippen molar-refractivity contribution < 1.29 is 9.59 Å². The number of rotatable bonds is 7. The van der Waals surface area contributed by atoms with Crippen LogP contribution in [0.2, 0.25) is 0 Å². The fraction of sp³-hybridized carbons (Fsp3) is 0.545. The average Bonchev–Trinajstić information content (AvgIpc) is 2.97. The Labute approximate surface area is 182 Å². The summed E-state index contributed by atoms with van der Waals surface area (Å²) >= 11 is 1.39. The topological polar surface area (TPSA) is 80.1 Å². The number of thioether (sulfide) groups is 1. The molecule has 1 fully saturated rings. The standard InChI is InChI=1S/C22H31N5O2S/c1-5-27-19(14-26-12-8-6-7-9-20(26)28)24-25-22(27)30-17(4)21(29)23-18-11-10-15(2)13-16(18)3/h10-11,13,17H,5-9,12,14H2,1-4H3,(H,23,29)/t17-/m1/s1. The highest BCUT2D eigenvalue weighted by molar-refractivity contribution is 8.00. The van der Waals surface area contributed by atoms with Gasteiger partial charge in [-0.3, -0.25) is 9.59 Å². The van der Waals surface area contributed by atoms with Crippen molar-refractivity contribution in [1.82, 2.24) is 19.7 Å². The van der Waals surface area contributed by atoms with E-state index in [9.17, 15) is 9.59 Å². The zero-order valence-corrected chi connectivity index (χ0v) is 19.1. The third-order valence-electron chi connectivity index (χ3n) is 5.40. The summed E-state index contributed by atoms with van der Waals surface area (Å²) in [5.74, 6) is 0.896. The molecule has 1 aliphatic rings. The normalized spacial score (nSPS) is 15.7. The van der Waals surface area contributed by atoms with Gasteiger partial charge < -0.3 is 14.8 Å². The molecule has 1 atom stereocenters. The molecule has 3 rings (SSSR count). The van der Waals surface area contributed by atoms with Gasteiger partial charge in [-0.25, -0.2) is 0 Å². The quantitative estimate of drug-likeness (QED) is 0.675. The number of carbonyl (C=O) groups is 2. The second-order valence-electron chi connectivity index (χ2n) is 7.84. The van der Waals surface area contributed by atoms with Gasteiger partial charge in [0.05, 0.1) is 11.8 Å². The van der Waals surface area contributed by atoms with Crippen molar-refractivity contribution in [2.75, 3.05) is 11.9 Å². The lowest BCUT2D eigenvalue weighted by Crippen LogP contribution is -2.31. The second-order valence-corrected chi connectivity index (χ2v) is 9.14. The molecular weight excluding hydrogens is 398 g/mol. The maximum absolute atomic E-state index is 12.7. The fourth-order valence-corrected chi connectivity index (χ4v) is 4.55. The highest BCUT2D eigenvalue weighted by Crippen LogP contribution is 2.25. The summed E-state index contributed by atoms with van der Waals surface area (Å²) in [5, 5.41) is 12.0. The highest BCUT2D eigenvalue weighted by Gasteiger charge is 2.23. The van der Waals surface area contributed by atoms with Crippen molar-refractivity contribution in [1.29, 1.82) is 0 Å². The first-order valence-electron chi connectivity index (χ1n) is 10.6. The predicted octanol–water partition coefficient (Wildman–Crippen LogP) is 3.94. The van der Waals surface area contributed by atoms with E-state index in [4.69, 9.17) is 0 Å². The Morgan fingerprint density at radius 1 is 1.23 bits per heavy atom. The van der Waals surface area contributed by atoms with E-state index in [0.29, 0.717) is 24.7 Å². The minimum Gasteiger partial charge on any atom is -0.335 e. The van der Waals surface area contributed by atoms with Crippen LogP contribution in [0.15, 0.2) is 23.4 Å². The molecule has 2 amide bonds. The fourth-order valence-electron chi connectivity index (χ4n) is 3.62. The Kier molecular flexibility index (Phi) is 7.53. The van der Waals surface area contributed by atoms with Crippen molar-refractivity contribution in [2.45, 2.75) is 76.9 Å². The predicted molar refractivity (Wildman–Crippen MR) is 119 cm³/mol. The lowest BCUT2D eigenvalue weighted by molar-refractivity contribution is -0.131. The summed E-state index contributed by atoms with van der Waals surface area (Å²) in [6, 6.07) is 5.98. The maximum atomic E-state index is 12.7. The van der Waals surface area contributed by atoms with E-state index < -0.39 is 0 Å². The Morgan fingerprint density at radius 2 is 2.03 bits per heavy atom. The zero-order valence-electron chi connectivity index (χ0n) is 18.3. The van der Waals surface area contributed by atoms with Crippen molar-refractivity contribution in [3.8, 4) is 0 Å². The molecule has 1 aliphatic heterocycles. The molecule has 1 aromatic heterocycles. The van der Waals surface area contributed by atoms with E-state index in [1.807, 2.05) is 49.3 Å². The molecule has 7 nitrogen and oxygen atoms in total. The minimum absolute atomic E-state index is 0.0677. The van der Waals surface area contributed by atoms with Gasteiger partial charge in [0.15, 0.2) is 11.0 Å². The Bertz CT molecular complexity index is 911. The number of likely N-dealkylation sites (tertiary alicyclic amines) is 1. The first kappa shape index (κ1) is 22.3. The first-order chi connectivity index (χ1) is 14.4. The van der Waals surface area contributed by atoms with Crippen molar-refractivity contribution >= 4 is 29.3 Å². The van der Waals surface area contributed by atoms with Crippen LogP contribution in [0.4, 0.5) is 5.69 Å². The number of hydrogen-bond donors (Lipinski definition) is 1. The van der Waals surface area contributed by atoms with E-state index in [2.05, 4.69) is 21.6 Å². The molecule has 0 unspecified atom stereocenters. The molecule has 2 heterocycles. The number of amides is 2. The number of carbonyl (C=O) groups excluding carboxylic acids is 2. The Morgan fingerprint density at radius 3 is 2.77 bits per heavy atom. The number of aryl methyl sites for hydroxylation is 2. The summed E-state index contributed by atoms with van der Waals surface area (Å²) in [7, 11) is 0. The van der Waals surface area contributed by atoms with Crippen molar-refractivity contribution in [2.24, 2.45) is 0 Å². The van der Waals surface area contributed by atoms with Gasteiger partial charge in [0.2, 0.25) is 11.8 Å². The molecule has 8 heteroatoms. The van der Waals surface area contributed by atoms with E-state index >= 15 is 0 Å². The SMILES string of the molecule is CCn1c(CN2CCCCCC2=O)nnc1S[C@H](C)C(=O)Nc1ccc(C)cc1C. The van der Waals surface area contributed by atoms with E-state index in [1.54, 1.807) is 0 Å². The van der Waals surface area contributed by atoms with Crippen molar-refractivity contribution in [3.63, 3.8) is 0 Å². The number of hydrogen-bond acceptors (Lipinski definition) is 5. The second kappa shape index (κ2) is 10.1. The number of benzene rings is 1. The first-order valence-corrected chi connectivity index (χ1v) is 11.5. The van der Waals surface area contributed by atoms with Crippen LogP contribution in [0.1, 0.15) is 56.5 Å². The molecule has 2 aromatic rings.